The molecular formula is C18H15N3O3S3. The first-order valence-electron chi connectivity index (χ1n) is 7.97. The number of ether oxygens (including phenoxy) is 1. The van der Waals surface area contributed by atoms with Gasteiger partial charge in [0.2, 0.25) is 11.1 Å². The first-order valence-corrected chi connectivity index (χ1v) is 11.0. The molecule has 4 rings (SSSR count). The number of aromatic nitrogens is 2. The molecule has 0 spiro atoms. The van der Waals surface area contributed by atoms with Crippen molar-refractivity contribution >= 4 is 68.6 Å². The fraction of sp³-hybridized carbons (Fsp3) is 0.167. The van der Waals surface area contributed by atoms with Crippen LogP contribution >= 0.6 is 35.1 Å². The number of anilines is 1. The van der Waals surface area contributed by atoms with Gasteiger partial charge >= 0.3 is 0 Å². The largest absolute Gasteiger partial charge is 0.495 e. The van der Waals surface area contributed by atoms with E-state index < -0.39 is 0 Å². The smallest absolute Gasteiger partial charge is 0.234 e. The Hall–Kier alpha value is -2.23. The second-order valence-electron chi connectivity index (χ2n) is 5.53. The van der Waals surface area contributed by atoms with Gasteiger partial charge in [0.15, 0.2) is 4.34 Å². The lowest BCUT2D eigenvalue weighted by Gasteiger charge is -2.10. The second kappa shape index (κ2) is 7.79. The molecule has 0 aliphatic carbocycles. The van der Waals surface area contributed by atoms with Gasteiger partial charge in [0.1, 0.15) is 16.9 Å². The maximum Gasteiger partial charge on any atom is 0.234 e. The van der Waals surface area contributed by atoms with Gasteiger partial charge in [-0.1, -0.05) is 41.7 Å². The van der Waals surface area contributed by atoms with Gasteiger partial charge in [-0.05, 0) is 29.9 Å². The molecule has 0 aliphatic rings. The summed E-state index contributed by atoms with van der Waals surface area (Å²) in [7, 11) is 1.58. The highest BCUT2D eigenvalue weighted by atomic mass is 32.2. The highest BCUT2D eigenvalue weighted by Crippen LogP contribution is 2.36. The van der Waals surface area contributed by atoms with Crippen molar-refractivity contribution in [2.45, 2.75) is 9.50 Å². The van der Waals surface area contributed by atoms with Crippen molar-refractivity contribution in [2.24, 2.45) is 0 Å². The van der Waals surface area contributed by atoms with E-state index in [1.807, 2.05) is 36.6 Å². The van der Waals surface area contributed by atoms with Crippen LogP contribution in [0, 0.1) is 0 Å². The molecule has 2 aromatic carbocycles. The van der Waals surface area contributed by atoms with E-state index in [1.54, 1.807) is 13.2 Å². The maximum absolute atomic E-state index is 12.4. The van der Waals surface area contributed by atoms with E-state index in [9.17, 15) is 4.79 Å². The van der Waals surface area contributed by atoms with Gasteiger partial charge in [-0.2, -0.15) is 4.37 Å². The Morgan fingerprint density at radius 1 is 1.26 bits per heavy atom. The number of fused-ring (bicyclic) bond motifs is 3. The molecule has 1 amide bonds. The normalized spacial score (nSPS) is 11.2. The molecule has 6 nitrogen and oxygen atoms in total. The summed E-state index contributed by atoms with van der Waals surface area (Å²) in [5.41, 5.74) is 2.08. The van der Waals surface area contributed by atoms with Crippen LogP contribution in [0.2, 0.25) is 0 Å². The Bertz CT molecular complexity index is 1120. The second-order valence-corrected chi connectivity index (χ2v) is 8.28. The van der Waals surface area contributed by atoms with Gasteiger partial charge in [-0.25, -0.2) is 4.98 Å². The lowest BCUT2D eigenvalue weighted by molar-refractivity contribution is -0.113. The third-order valence-corrected chi connectivity index (χ3v) is 6.37. The molecule has 138 valence electrons. The van der Waals surface area contributed by atoms with Gasteiger partial charge in [0.05, 0.1) is 18.6 Å². The van der Waals surface area contributed by atoms with Crippen LogP contribution in [-0.4, -0.2) is 34.4 Å². The van der Waals surface area contributed by atoms with Gasteiger partial charge in [0.25, 0.3) is 0 Å². The van der Waals surface area contributed by atoms with Crippen LogP contribution in [0.3, 0.4) is 0 Å². The van der Waals surface area contributed by atoms with Crippen LogP contribution in [-0.2, 0) is 4.79 Å². The highest BCUT2D eigenvalue weighted by molar-refractivity contribution is 8.01. The average Bonchev–Trinajstić information content (AvgIpc) is 3.29. The van der Waals surface area contributed by atoms with Gasteiger partial charge < -0.3 is 14.5 Å². The van der Waals surface area contributed by atoms with Crippen LogP contribution in [0.25, 0.3) is 21.9 Å². The van der Waals surface area contributed by atoms with E-state index in [-0.39, 0.29) is 11.7 Å². The van der Waals surface area contributed by atoms with Crippen LogP contribution < -0.4 is 10.1 Å². The standard InChI is InChI=1S/C18H15N3O3S3/c1-23-15-7-11-10-5-3-4-6-13(10)24-14(11)8-12(15)19-16(22)9-26-18-20-17(25-2)21-27-18/h3-8H,9H2,1-2H3,(H,19,22). The molecule has 0 unspecified atom stereocenters. The molecule has 0 fully saturated rings. The number of amides is 1. The number of para-hydroxylation sites is 1. The van der Waals surface area contributed by atoms with Gasteiger partial charge in [0, 0.05) is 16.8 Å². The molecule has 1 N–H and O–H groups in total. The number of benzene rings is 2. The Morgan fingerprint density at radius 3 is 2.89 bits per heavy atom. The predicted molar refractivity (Wildman–Crippen MR) is 111 cm³/mol. The molecule has 2 aromatic heterocycles. The third kappa shape index (κ3) is 3.76. The highest BCUT2D eigenvalue weighted by Gasteiger charge is 2.15. The van der Waals surface area contributed by atoms with E-state index in [0.29, 0.717) is 17.0 Å². The fourth-order valence-corrected chi connectivity index (χ4v) is 4.68. The summed E-state index contributed by atoms with van der Waals surface area (Å²) in [4.78, 5) is 16.7. The number of carbonyl (C=O) groups excluding carboxylic acids is 1. The topological polar surface area (TPSA) is 77.2 Å². The first-order chi connectivity index (χ1) is 13.2. The van der Waals surface area contributed by atoms with E-state index in [0.717, 1.165) is 25.9 Å². The zero-order valence-corrected chi connectivity index (χ0v) is 17.0. The number of nitrogens with zero attached hydrogens (tertiary/aromatic N) is 2. The van der Waals surface area contributed by atoms with Crippen molar-refractivity contribution in [3.05, 3.63) is 36.4 Å². The zero-order valence-electron chi connectivity index (χ0n) is 14.5. The van der Waals surface area contributed by atoms with Crippen LogP contribution in [0.5, 0.6) is 5.75 Å². The summed E-state index contributed by atoms with van der Waals surface area (Å²) in [6.45, 7) is 0. The Kier molecular flexibility index (Phi) is 5.24. The van der Waals surface area contributed by atoms with Crippen molar-refractivity contribution in [3.63, 3.8) is 0 Å². The number of thioether (sulfide) groups is 2. The summed E-state index contributed by atoms with van der Waals surface area (Å²) >= 11 is 4.14. The molecule has 0 bridgehead atoms. The molecule has 0 saturated carbocycles. The van der Waals surface area contributed by atoms with E-state index in [2.05, 4.69) is 14.7 Å². The number of hydrogen-bond acceptors (Lipinski definition) is 8. The molecule has 2 heterocycles. The summed E-state index contributed by atoms with van der Waals surface area (Å²) in [5, 5.41) is 5.58. The molecule has 4 aromatic rings. The van der Waals surface area contributed by atoms with Crippen molar-refractivity contribution in [1.29, 1.82) is 0 Å². The molecule has 0 saturated heterocycles. The van der Waals surface area contributed by atoms with E-state index >= 15 is 0 Å². The maximum atomic E-state index is 12.4. The number of hydrogen-bond donors (Lipinski definition) is 1. The molecular weight excluding hydrogens is 402 g/mol. The minimum absolute atomic E-state index is 0.144. The Balaban J connectivity index is 1.55. The minimum Gasteiger partial charge on any atom is -0.495 e. The van der Waals surface area contributed by atoms with E-state index in [1.165, 1.54) is 35.1 Å². The predicted octanol–water partition coefficient (Wildman–Crippen LogP) is 4.90. The summed E-state index contributed by atoms with van der Waals surface area (Å²) < 4.78 is 16.3. The fourth-order valence-electron chi connectivity index (χ4n) is 2.67. The summed E-state index contributed by atoms with van der Waals surface area (Å²) in [6.07, 6.45) is 1.92. The Labute approximate surface area is 167 Å². The number of methoxy groups -OCH3 is 1. The summed E-state index contributed by atoms with van der Waals surface area (Å²) in [5.74, 6) is 0.687. The number of carbonyl (C=O) groups is 1. The van der Waals surface area contributed by atoms with Crippen LogP contribution in [0.1, 0.15) is 0 Å². The first kappa shape index (κ1) is 18.1. The molecule has 0 atom stereocenters. The molecule has 27 heavy (non-hydrogen) atoms. The zero-order chi connectivity index (χ0) is 18.8. The Morgan fingerprint density at radius 2 is 2.11 bits per heavy atom. The van der Waals surface area contributed by atoms with Crippen molar-refractivity contribution in [1.82, 2.24) is 9.36 Å². The molecule has 0 radical (unpaired) electrons. The monoisotopic (exact) mass is 417 g/mol. The van der Waals surface area contributed by atoms with Gasteiger partial charge in [-0.3, -0.25) is 4.79 Å². The third-order valence-electron chi connectivity index (χ3n) is 3.87. The van der Waals surface area contributed by atoms with Crippen molar-refractivity contribution < 1.29 is 13.9 Å². The van der Waals surface area contributed by atoms with Crippen molar-refractivity contribution in [3.8, 4) is 5.75 Å². The molecule has 0 aliphatic heterocycles. The number of nitrogens with one attached hydrogen (secondary N) is 1. The molecule has 9 heteroatoms. The van der Waals surface area contributed by atoms with Gasteiger partial charge in [-0.15, -0.1) is 0 Å². The SMILES string of the molecule is COc1cc2c(cc1NC(=O)CSc1nc(SC)ns1)oc1ccccc12. The summed E-state index contributed by atoms with van der Waals surface area (Å²) in [6, 6.07) is 11.5. The minimum atomic E-state index is -0.144. The lowest BCUT2D eigenvalue weighted by atomic mass is 10.1. The van der Waals surface area contributed by atoms with Crippen LogP contribution in [0.4, 0.5) is 5.69 Å². The quantitative estimate of drug-likeness (QED) is 0.447. The van der Waals surface area contributed by atoms with Crippen LogP contribution in [0.15, 0.2) is 50.3 Å². The van der Waals surface area contributed by atoms with E-state index in [4.69, 9.17) is 9.15 Å². The lowest BCUT2D eigenvalue weighted by Crippen LogP contribution is -2.14. The number of rotatable bonds is 6. The average molecular weight is 418 g/mol. The number of furan rings is 1. The van der Waals surface area contributed by atoms with Crippen molar-refractivity contribution in [2.75, 3.05) is 24.4 Å².